The zero-order valence-electron chi connectivity index (χ0n) is 5.77. The van der Waals surface area contributed by atoms with Crippen LogP contribution in [0.2, 0.25) is 0 Å². The molecule has 0 amide bonds. The lowest BCUT2D eigenvalue weighted by molar-refractivity contribution is 0.0597. The van der Waals surface area contributed by atoms with E-state index in [1.54, 1.807) is 0 Å². The predicted octanol–water partition coefficient (Wildman–Crippen LogP) is 1.08. The third-order valence-corrected chi connectivity index (χ3v) is 0.805. The number of rotatable bonds is 6. The molecule has 0 atom stereocenters. The molecule has 0 saturated heterocycles. The van der Waals surface area contributed by atoms with Gasteiger partial charge in [-0.1, -0.05) is 6.92 Å². The lowest BCUT2D eigenvalue weighted by atomic mass is 10.5. The largest absolute Gasteiger partial charge is 0.379 e. The molecule has 0 aromatic carbocycles. The second-order valence-corrected chi connectivity index (χ2v) is 1.58. The van der Waals surface area contributed by atoms with Gasteiger partial charge in [-0.2, -0.15) is 0 Å². The fourth-order valence-electron chi connectivity index (χ4n) is 0.424. The van der Waals surface area contributed by atoms with E-state index in [1.807, 2.05) is 0 Å². The number of hydrogen-bond acceptors (Lipinski definition) is 2. The van der Waals surface area contributed by atoms with Crippen LogP contribution in [-0.4, -0.2) is 26.4 Å². The molecular weight excluding hydrogens is 116 g/mol. The summed E-state index contributed by atoms with van der Waals surface area (Å²) in [5.74, 6) is 0. The van der Waals surface area contributed by atoms with Gasteiger partial charge in [0.15, 0.2) is 0 Å². The molecule has 0 fully saturated rings. The Morgan fingerprint density at radius 1 is 0.889 bits per heavy atom. The summed E-state index contributed by atoms with van der Waals surface area (Å²) in [6.07, 6.45) is 0.824. The van der Waals surface area contributed by atoms with Gasteiger partial charge >= 0.3 is 0 Å². The van der Waals surface area contributed by atoms with Crippen molar-refractivity contribution in [1.82, 2.24) is 0 Å². The summed E-state index contributed by atoms with van der Waals surface area (Å²) in [7, 11) is 0. The molecule has 2 heteroatoms. The highest BCUT2D eigenvalue weighted by Gasteiger charge is 1.84. The molecule has 0 heterocycles. The predicted molar refractivity (Wildman–Crippen MR) is 37.0 cm³/mol. The lowest BCUT2D eigenvalue weighted by Crippen LogP contribution is -2.04. The van der Waals surface area contributed by atoms with Crippen molar-refractivity contribution in [3.8, 4) is 0 Å². The molecule has 0 unspecified atom stereocenters. The minimum atomic E-state index is 0.522. The van der Waals surface area contributed by atoms with Gasteiger partial charge in [-0.25, -0.2) is 0 Å². The van der Waals surface area contributed by atoms with Crippen LogP contribution in [0.3, 0.4) is 0 Å². The van der Waals surface area contributed by atoms with Crippen molar-refractivity contribution >= 4 is 0 Å². The first-order chi connectivity index (χ1) is 4.41. The minimum absolute atomic E-state index is 0.522. The fourth-order valence-corrected chi connectivity index (χ4v) is 0.424. The van der Waals surface area contributed by atoms with Crippen LogP contribution >= 0.6 is 0 Å². The average Bonchev–Trinajstić information content (AvgIpc) is 1.89. The van der Waals surface area contributed by atoms with Gasteiger partial charge in [0.1, 0.15) is 0 Å². The maximum absolute atomic E-state index is 5.07. The molecule has 0 aliphatic carbocycles. The summed E-state index contributed by atoms with van der Waals surface area (Å²) >= 11 is 0. The van der Waals surface area contributed by atoms with E-state index >= 15 is 0 Å². The maximum atomic E-state index is 5.07. The normalized spacial score (nSPS) is 10.0. The Morgan fingerprint density at radius 2 is 1.56 bits per heavy atom. The van der Waals surface area contributed by atoms with Crippen LogP contribution in [0, 0.1) is 13.8 Å². The highest BCUT2D eigenvalue weighted by molar-refractivity contribution is 4.36. The maximum Gasteiger partial charge on any atom is 0.0700 e. The summed E-state index contributed by atoms with van der Waals surface area (Å²) in [5.41, 5.74) is 0. The minimum Gasteiger partial charge on any atom is -0.379 e. The van der Waals surface area contributed by atoms with Crippen LogP contribution < -0.4 is 0 Å². The molecule has 0 saturated carbocycles. The average molecular weight is 130 g/mol. The van der Waals surface area contributed by atoms with Gasteiger partial charge in [-0.15, -0.1) is 0 Å². The third-order valence-electron chi connectivity index (χ3n) is 0.805. The van der Waals surface area contributed by atoms with E-state index in [4.69, 9.17) is 9.47 Å². The Morgan fingerprint density at radius 3 is 2.11 bits per heavy atom. The van der Waals surface area contributed by atoms with Crippen molar-refractivity contribution in [1.29, 1.82) is 0 Å². The molecule has 0 bridgehead atoms. The molecule has 0 aromatic heterocycles. The van der Waals surface area contributed by atoms with Gasteiger partial charge in [0.2, 0.25) is 0 Å². The first-order valence-electron chi connectivity index (χ1n) is 3.15. The van der Waals surface area contributed by atoms with Gasteiger partial charge in [-0.05, 0) is 13.3 Å². The second kappa shape index (κ2) is 7.92. The molecule has 0 aromatic rings. The summed E-state index contributed by atoms with van der Waals surface area (Å²) < 4.78 is 9.99. The van der Waals surface area contributed by atoms with Crippen molar-refractivity contribution < 1.29 is 9.47 Å². The first-order valence-corrected chi connectivity index (χ1v) is 3.15. The van der Waals surface area contributed by atoms with Gasteiger partial charge in [-0.3, -0.25) is 0 Å². The highest BCUT2D eigenvalue weighted by Crippen LogP contribution is 1.80. The SMILES string of the molecule is [CH2]CCOCCOC[CH2]. The van der Waals surface area contributed by atoms with Gasteiger partial charge in [0.05, 0.1) is 13.2 Å². The molecule has 54 valence electrons. The van der Waals surface area contributed by atoms with Crippen molar-refractivity contribution in [2.45, 2.75) is 6.42 Å². The Labute approximate surface area is 57.2 Å². The number of hydrogen-bond donors (Lipinski definition) is 0. The first kappa shape index (κ1) is 8.92. The van der Waals surface area contributed by atoms with E-state index in [0.717, 1.165) is 13.0 Å². The molecule has 2 nitrogen and oxygen atoms in total. The van der Waals surface area contributed by atoms with Crippen LogP contribution in [0.1, 0.15) is 6.42 Å². The highest BCUT2D eigenvalue weighted by atomic mass is 16.5. The van der Waals surface area contributed by atoms with Crippen LogP contribution in [0.15, 0.2) is 0 Å². The topological polar surface area (TPSA) is 18.5 Å². The van der Waals surface area contributed by atoms with E-state index in [-0.39, 0.29) is 0 Å². The molecule has 0 rings (SSSR count). The van der Waals surface area contributed by atoms with Crippen molar-refractivity contribution in [3.05, 3.63) is 13.8 Å². The summed E-state index contributed by atoms with van der Waals surface area (Å²) in [6.45, 7) is 9.68. The Bertz CT molecular complexity index is 40.2. The molecular formula is C7H14O2. The Kier molecular flexibility index (Phi) is 7.85. The molecule has 2 radical (unpaired) electrons. The Hall–Kier alpha value is -0.0800. The molecule has 9 heavy (non-hydrogen) atoms. The lowest BCUT2D eigenvalue weighted by Gasteiger charge is -2.00. The van der Waals surface area contributed by atoms with Crippen molar-refractivity contribution in [2.24, 2.45) is 0 Å². The van der Waals surface area contributed by atoms with Crippen LogP contribution in [0.4, 0.5) is 0 Å². The van der Waals surface area contributed by atoms with E-state index in [1.165, 1.54) is 0 Å². The summed E-state index contributed by atoms with van der Waals surface area (Å²) in [5, 5.41) is 0. The number of ether oxygens (including phenoxy) is 2. The third kappa shape index (κ3) is 7.92. The van der Waals surface area contributed by atoms with Crippen LogP contribution in [-0.2, 0) is 9.47 Å². The quantitative estimate of drug-likeness (QED) is 0.501. The molecule has 0 aliphatic rings. The van der Waals surface area contributed by atoms with E-state index < -0.39 is 0 Å². The van der Waals surface area contributed by atoms with Crippen LogP contribution in [0.5, 0.6) is 0 Å². The zero-order chi connectivity index (χ0) is 6.95. The van der Waals surface area contributed by atoms with Gasteiger partial charge in [0.25, 0.3) is 0 Å². The van der Waals surface area contributed by atoms with Gasteiger partial charge in [0, 0.05) is 13.2 Å². The van der Waals surface area contributed by atoms with Crippen molar-refractivity contribution in [2.75, 3.05) is 26.4 Å². The smallest absolute Gasteiger partial charge is 0.0700 e. The second-order valence-electron chi connectivity index (χ2n) is 1.58. The summed E-state index contributed by atoms with van der Waals surface area (Å²) in [6, 6.07) is 0. The van der Waals surface area contributed by atoms with Crippen molar-refractivity contribution in [3.63, 3.8) is 0 Å². The van der Waals surface area contributed by atoms with Crippen LogP contribution in [0.25, 0.3) is 0 Å². The standard InChI is InChI=1S/C7H14O2/c1-3-5-9-7-6-8-4-2/h1-7H2. The Balaban J connectivity index is 2.60. The summed E-state index contributed by atoms with van der Waals surface area (Å²) in [4.78, 5) is 0. The van der Waals surface area contributed by atoms with E-state index in [9.17, 15) is 0 Å². The molecule has 0 aliphatic heterocycles. The monoisotopic (exact) mass is 130 g/mol. The van der Waals surface area contributed by atoms with Gasteiger partial charge < -0.3 is 9.47 Å². The molecule has 0 spiro atoms. The van der Waals surface area contributed by atoms with E-state index in [0.29, 0.717) is 19.8 Å². The van der Waals surface area contributed by atoms with E-state index in [2.05, 4.69) is 13.8 Å². The zero-order valence-corrected chi connectivity index (χ0v) is 5.77. The fraction of sp³-hybridized carbons (Fsp3) is 0.714. The molecule has 0 N–H and O–H groups in total.